The van der Waals surface area contributed by atoms with E-state index in [9.17, 15) is 9.59 Å². The highest BCUT2D eigenvalue weighted by Gasteiger charge is 2.43. The van der Waals surface area contributed by atoms with Gasteiger partial charge in [0.15, 0.2) is 6.61 Å². The molecule has 0 aromatic heterocycles. The van der Waals surface area contributed by atoms with Crippen molar-refractivity contribution >= 4 is 11.9 Å². The van der Waals surface area contributed by atoms with Crippen molar-refractivity contribution in [3.63, 3.8) is 0 Å². The van der Waals surface area contributed by atoms with Crippen molar-refractivity contribution in [1.29, 1.82) is 0 Å². The molecule has 0 unspecified atom stereocenters. The van der Waals surface area contributed by atoms with Crippen molar-refractivity contribution in [3.05, 3.63) is 29.8 Å². The molecule has 1 aromatic rings. The van der Waals surface area contributed by atoms with Gasteiger partial charge in [0.25, 0.3) is 5.91 Å². The molecule has 1 amide bonds. The minimum atomic E-state index is -1.01. The number of benzene rings is 1. The lowest BCUT2D eigenvalue weighted by atomic mass is 10.00. The van der Waals surface area contributed by atoms with E-state index in [2.05, 4.69) is 0 Å². The average molecular weight is 335 g/mol. The number of hydrogen-bond donors (Lipinski definition) is 1. The van der Waals surface area contributed by atoms with E-state index in [1.807, 2.05) is 19.1 Å². The Labute approximate surface area is 142 Å². The standard InChI is InChI=1S/C18H25NO5/c1-3-24-18(10-4-5-11-18)17(22)19(2)12-14-6-8-15(9-7-14)23-13-16(20)21/h6-9H,3-5,10-13H2,1-2H3,(H,20,21). The molecule has 1 aliphatic rings. The molecule has 0 spiro atoms. The molecule has 0 radical (unpaired) electrons. The fourth-order valence-electron chi connectivity index (χ4n) is 3.17. The second kappa shape index (κ2) is 8.15. The van der Waals surface area contributed by atoms with Crippen LogP contribution >= 0.6 is 0 Å². The molecule has 0 aliphatic heterocycles. The SMILES string of the molecule is CCOC1(C(=O)N(C)Cc2ccc(OCC(=O)O)cc2)CCCC1. The van der Waals surface area contributed by atoms with Crippen molar-refractivity contribution in [1.82, 2.24) is 4.90 Å². The Morgan fingerprint density at radius 1 is 1.21 bits per heavy atom. The van der Waals surface area contributed by atoms with Gasteiger partial charge < -0.3 is 19.5 Å². The molecule has 0 bridgehead atoms. The zero-order valence-electron chi connectivity index (χ0n) is 14.3. The Kier molecular flexibility index (Phi) is 6.20. The van der Waals surface area contributed by atoms with E-state index >= 15 is 0 Å². The molecule has 1 N–H and O–H groups in total. The lowest BCUT2D eigenvalue weighted by molar-refractivity contribution is -0.156. The second-order valence-electron chi connectivity index (χ2n) is 6.12. The van der Waals surface area contributed by atoms with E-state index in [0.717, 1.165) is 31.2 Å². The summed E-state index contributed by atoms with van der Waals surface area (Å²) in [6, 6.07) is 7.10. The Hall–Kier alpha value is -2.08. The first kappa shape index (κ1) is 18.3. The van der Waals surface area contributed by atoms with Crippen molar-refractivity contribution in [2.24, 2.45) is 0 Å². The summed E-state index contributed by atoms with van der Waals surface area (Å²) >= 11 is 0. The summed E-state index contributed by atoms with van der Waals surface area (Å²) in [5.41, 5.74) is 0.298. The third kappa shape index (κ3) is 4.47. The summed E-state index contributed by atoms with van der Waals surface area (Å²) in [5.74, 6) is -0.480. The molecule has 1 aliphatic carbocycles. The maximum Gasteiger partial charge on any atom is 0.341 e. The molecule has 1 aromatic carbocycles. The summed E-state index contributed by atoms with van der Waals surface area (Å²) in [7, 11) is 1.79. The molecular weight excluding hydrogens is 310 g/mol. The van der Waals surface area contributed by atoms with Gasteiger partial charge in [-0.05, 0) is 50.3 Å². The lowest BCUT2D eigenvalue weighted by Crippen LogP contribution is -2.47. The summed E-state index contributed by atoms with van der Waals surface area (Å²) in [6.07, 6.45) is 3.61. The van der Waals surface area contributed by atoms with Crippen molar-refractivity contribution < 1.29 is 24.2 Å². The van der Waals surface area contributed by atoms with Crippen LogP contribution < -0.4 is 4.74 Å². The topological polar surface area (TPSA) is 76.1 Å². The third-order valence-corrected chi connectivity index (χ3v) is 4.27. The molecule has 1 saturated carbocycles. The first-order valence-corrected chi connectivity index (χ1v) is 8.30. The molecule has 1 fully saturated rings. The number of aliphatic carboxylic acids is 1. The number of likely N-dealkylation sites (N-methyl/N-ethyl adjacent to an activating group) is 1. The molecule has 6 nitrogen and oxygen atoms in total. The van der Waals surface area contributed by atoms with Crippen LogP contribution in [0.2, 0.25) is 0 Å². The van der Waals surface area contributed by atoms with Gasteiger partial charge in [-0.1, -0.05) is 12.1 Å². The number of carboxylic acids is 1. The van der Waals surface area contributed by atoms with Gasteiger partial charge in [0.1, 0.15) is 11.4 Å². The van der Waals surface area contributed by atoms with Gasteiger partial charge in [-0.25, -0.2) is 4.79 Å². The summed E-state index contributed by atoms with van der Waals surface area (Å²) in [4.78, 5) is 25.0. The van der Waals surface area contributed by atoms with Gasteiger partial charge in [0.2, 0.25) is 0 Å². The molecule has 0 saturated heterocycles. The molecule has 0 heterocycles. The van der Waals surface area contributed by atoms with Crippen molar-refractivity contribution in [2.75, 3.05) is 20.3 Å². The fourth-order valence-corrected chi connectivity index (χ4v) is 3.17. The smallest absolute Gasteiger partial charge is 0.341 e. The van der Waals surface area contributed by atoms with Gasteiger partial charge in [-0.3, -0.25) is 4.79 Å². The van der Waals surface area contributed by atoms with Crippen LogP contribution in [0.4, 0.5) is 0 Å². The molecule has 24 heavy (non-hydrogen) atoms. The second-order valence-corrected chi connectivity index (χ2v) is 6.12. The Morgan fingerprint density at radius 2 is 1.83 bits per heavy atom. The maximum absolute atomic E-state index is 12.8. The van der Waals surface area contributed by atoms with Crippen LogP contribution in [0.15, 0.2) is 24.3 Å². The normalized spacial score (nSPS) is 15.9. The third-order valence-electron chi connectivity index (χ3n) is 4.27. The number of carboxylic acid groups (broad SMARTS) is 1. The first-order valence-electron chi connectivity index (χ1n) is 8.30. The molecular formula is C18H25NO5. The molecule has 0 atom stereocenters. The van der Waals surface area contributed by atoms with Gasteiger partial charge in [-0.2, -0.15) is 0 Å². The van der Waals surface area contributed by atoms with Gasteiger partial charge in [-0.15, -0.1) is 0 Å². The van der Waals surface area contributed by atoms with E-state index in [-0.39, 0.29) is 12.5 Å². The predicted molar refractivity (Wildman–Crippen MR) is 88.9 cm³/mol. The van der Waals surface area contributed by atoms with Crippen molar-refractivity contribution in [3.8, 4) is 5.75 Å². The first-order chi connectivity index (χ1) is 11.5. The maximum atomic E-state index is 12.8. The Bertz CT molecular complexity index is 563. The highest BCUT2D eigenvalue weighted by atomic mass is 16.5. The number of amides is 1. The van der Waals surface area contributed by atoms with Crippen LogP contribution in [0, 0.1) is 0 Å². The van der Waals surface area contributed by atoms with E-state index in [1.54, 1.807) is 24.1 Å². The zero-order chi connectivity index (χ0) is 17.6. The molecule has 6 heteroatoms. The number of rotatable bonds is 8. The lowest BCUT2D eigenvalue weighted by Gasteiger charge is -2.32. The van der Waals surface area contributed by atoms with E-state index < -0.39 is 11.6 Å². The van der Waals surface area contributed by atoms with Gasteiger partial charge in [0, 0.05) is 20.2 Å². The fraction of sp³-hybridized carbons (Fsp3) is 0.556. The van der Waals surface area contributed by atoms with Crippen LogP contribution in [0.3, 0.4) is 0 Å². The monoisotopic (exact) mass is 335 g/mol. The number of carbonyl (C=O) groups excluding carboxylic acids is 1. The van der Waals surface area contributed by atoms with E-state index in [0.29, 0.717) is 18.9 Å². The average Bonchev–Trinajstić information content (AvgIpc) is 3.03. The number of ether oxygens (including phenoxy) is 2. The molecule has 2 rings (SSSR count). The van der Waals surface area contributed by atoms with Gasteiger partial charge in [0.05, 0.1) is 0 Å². The minimum absolute atomic E-state index is 0.0352. The van der Waals surface area contributed by atoms with Crippen LogP contribution in [0.1, 0.15) is 38.2 Å². The van der Waals surface area contributed by atoms with Crippen molar-refractivity contribution in [2.45, 2.75) is 44.8 Å². The van der Waals surface area contributed by atoms with Crippen LogP contribution in [-0.2, 0) is 20.9 Å². The highest BCUT2D eigenvalue weighted by Crippen LogP contribution is 2.35. The Morgan fingerprint density at radius 3 is 2.38 bits per heavy atom. The van der Waals surface area contributed by atoms with E-state index in [1.165, 1.54) is 0 Å². The summed E-state index contributed by atoms with van der Waals surface area (Å²) in [6.45, 7) is 2.57. The van der Waals surface area contributed by atoms with E-state index in [4.69, 9.17) is 14.6 Å². The molecule has 132 valence electrons. The zero-order valence-corrected chi connectivity index (χ0v) is 14.3. The number of nitrogens with zero attached hydrogens (tertiary/aromatic N) is 1. The Balaban J connectivity index is 1.96. The van der Waals surface area contributed by atoms with Gasteiger partial charge >= 0.3 is 5.97 Å². The highest BCUT2D eigenvalue weighted by molar-refractivity contribution is 5.85. The number of carbonyl (C=O) groups is 2. The van der Waals surface area contributed by atoms with Crippen LogP contribution in [0.25, 0.3) is 0 Å². The van der Waals surface area contributed by atoms with Crippen LogP contribution in [0.5, 0.6) is 5.75 Å². The summed E-state index contributed by atoms with van der Waals surface area (Å²) in [5, 5.41) is 8.60. The van der Waals surface area contributed by atoms with Crippen LogP contribution in [-0.4, -0.2) is 47.7 Å². The predicted octanol–water partition coefficient (Wildman–Crippen LogP) is 2.46. The minimum Gasteiger partial charge on any atom is -0.482 e. The quantitative estimate of drug-likeness (QED) is 0.790. The number of hydrogen-bond acceptors (Lipinski definition) is 4. The largest absolute Gasteiger partial charge is 0.482 e. The summed E-state index contributed by atoms with van der Waals surface area (Å²) < 4.78 is 10.9.